The number of phenols is 1. The molecule has 3 atom stereocenters. The Hall–Kier alpha value is -3.56. The lowest BCUT2D eigenvalue weighted by atomic mass is 10.0. The number of aromatic nitrogens is 3. The third kappa shape index (κ3) is 4.53. The Labute approximate surface area is 226 Å². The SMILES string of the molecule is CN1CCC[C@H]1COc1nc(N2CCC3CNC(C3)C2)c2cnc(-c3cc(O)cc4ccccc34)c(F)c2n1. The Morgan fingerprint density at radius 3 is 2.90 bits per heavy atom. The number of nitrogens with one attached hydrogen (secondary N) is 1. The number of aromatic hydroxyl groups is 1. The molecule has 0 spiro atoms. The average Bonchev–Trinajstić information content (AvgIpc) is 3.50. The number of pyridine rings is 1. The standard InChI is InChI=1S/C30H33FN6O2/c1-36-9-4-6-21(36)17-39-30-34-28-25(29(35-30)37-10-8-18-11-20(16-37)32-14-18)15-33-27(26(28)31)24-13-22(38)12-19-5-2-3-7-23(19)24/h2-3,5,7,12-13,15,18,20-21,32,38H,4,6,8-11,14,16-17H2,1H3/t18?,20?,21-/m0/s1. The third-order valence-electron chi connectivity index (χ3n) is 8.68. The summed E-state index contributed by atoms with van der Waals surface area (Å²) in [6, 6.07) is 11.7. The highest BCUT2D eigenvalue weighted by atomic mass is 19.1. The third-order valence-corrected chi connectivity index (χ3v) is 8.68. The smallest absolute Gasteiger partial charge is 0.319 e. The number of nitrogens with zero attached hydrogens (tertiary/aromatic N) is 5. The van der Waals surface area contributed by atoms with E-state index in [9.17, 15) is 5.11 Å². The second kappa shape index (κ2) is 9.88. The summed E-state index contributed by atoms with van der Waals surface area (Å²) < 4.78 is 22.6. The van der Waals surface area contributed by atoms with E-state index in [1.807, 2.05) is 24.3 Å². The molecule has 0 saturated carbocycles. The molecule has 2 unspecified atom stereocenters. The minimum atomic E-state index is -0.538. The summed E-state index contributed by atoms with van der Waals surface area (Å²) in [5.41, 5.74) is 0.864. The van der Waals surface area contributed by atoms with Gasteiger partial charge in [-0.05, 0) is 74.6 Å². The lowest BCUT2D eigenvalue weighted by Gasteiger charge is -2.28. The van der Waals surface area contributed by atoms with E-state index >= 15 is 4.39 Å². The Balaban J connectivity index is 1.35. The molecule has 202 valence electrons. The van der Waals surface area contributed by atoms with Gasteiger partial charge in [-0.3, -0.25) is 4.98 Å². The number of likely N-dealkylation sites (N-methyl/N-ethyl adjacent to an activating group) is 1. The van der Waals surface area contributed by atoms with E-state index in [0.29, 0.717) is 41.4 Å². The van der Waals surface area contributed by atoms with Gasteiger partial charge in [0.25, 0.3) is 0 Å². The fourth-order valence-corrected chi connectivity index (χ4v) is 6.52. The fourth-order valence-electron chi connectivity index (χ4n) is 6.52. The lowest BCUT2D eigenvalue weighted by molar-refractivity contribution is 0.188. The zero-order valence-corrected chi connectivity index (χ0v) is 22.1. The molecule has 0 radical (unpaired) electrons. The van der Waals surface area contributed by atoms with Crippen LogP contribution in [0.2, 0.25) is 0 Å². The molecule has 2 N–H and O–H groups in total. The van der Waals surface area contributed by atoms with Crippen LogP contribution < -0.4 is 15.0 Å². The number of hydrogen-bond acceptors (Lipinski definition) is 8. The largest absolute Gasteiger partial charge is 0.508 e. The van der Waals surface area contributed by atoms with Crippen molar-refractivity contribution in [1.82, 2.24) is 25.2 Å². The first-order valence-corrected chi connectivity index (χ1v) is 13.9. The second-order valence-electron chi connectivity index (χ2n) is 11.3. The van der Waals surface area contributed by atoms with Gasteiger partial charge in [-0.2, -0.15) is 9.97 Å². The van der Waals surface area contributed by atoms with Gasteiger partial charge in [-0.1, -0.05) is 24.3 Å². The Kier molecular flexibility index (Phi) is 6.20. The molecule has 5 heterocycles. The van der Waals surface area contributed by atoms with Crippen molar-refractivity contribution in [1.29, 1.82) is 0 Å². The van der Waals surface area contributed by atoms with Crippen molar-refractivity contribution in [2.45, 2.75) is 37.8 Å². The van der Waals surface area contributed by atoms with Gasteiger partial charge in [0, 0.05) is 36.9 Å². The fraction of sp³-hybridized carbons (Fsp3) is 0.433. The van der Waals surface area contributed by atoms with Crippen LogP contribution in [0.3, 0.4) is 0 Å². The Morgan fingerprint density at radius 2 is 2.03 bits per heavy atom. The molecule has 39 heavy (non-hydrogen) atoms. The number of phenolic OH excluding ortho intramolecular Hbond substituents is 1. The zero-order valence-electron chi connectivity index (χ0n) is 22.1. The summed E-state index contributed by atoms with van der Waals surface area (Å²) in [5.74, 6) is 0.847. The van der Waals surface area contributed by atoms with E-state index in [4.69, 9.17) is 9.72 Å². The van der Waals surface area contributed by atoms with Gasteiger partial charge < -0.3 is 25.0 Å². The molecule has 3 aliphatic heterocycles. The van der Waals surface area contributed by atoms with Crippen molar-refractivity contribution in [3.63, 3.8) is 0 Å². The van der Waals surface area contributed by atoms with E-state index in [0.717, 1.165) is 62.6 Å². The van der Waals surface area contributed by atoms with Crippen LogP contribution >= 0.6 is 0 Å². The minimum absolute atomic E-state index is 0.0604. The predicted octanol–water partition coefficient (Wildman–Crippen LogP) is 4.35. The van der Waals surface area contributed by atoms with Crippen LogP contribution in [0.5, 0.6) is 11.8 Å². The number of likely N-dealkylation sites (tertiary alicyclic amines) is 1. The molecule has 2 aromatic heterocycles. The number of benzene rings is 2. The highest BCUT2D eigenvalue weighted by Crippen LogP contribution is 2.37. The Morgan fingerprint density at radius 1 is 1.13 bits per heavy atom. The van der Waals surface area contributed by atoms with Gasteiger partial charge in [0.1, 0.15) is 29.4 Å². The number of fused-ring (bicyclic) bond motifs is 4. The van der Waals surface area contributed by atoms with Crippen LogP contribution in [0.15, 0.2) is 42.6 Å². The number of halogens is 1. The summed E-state index contributed by atoms with van der Waals surface area (Å²) >= 11 is 0. The molecule has 4 aromatic rings. The van der Waals surface area contributed by atoms with Crippen molar-refractivity contribution in [3.8, 4) is 23.0 Å². The zero-order chi connectivity index (χ0) is 26.5. The van der Waals surface area contributed by atoms with Crippen LogP contribution in [0, 0.1) is 11.7 Å². The van der Waals surface area contributed by atoms with Crippen LogP contribution in [-0.2, 0) is 0 Å². The van der Waals surface area contributed by atoms with Crippen LogP contribution in [0.4, 0.5) is 10.2 Å². The lowest BCUT2D eigenvalue weighted by Crippen LogP contribution is -2.39. The molecule has 2 aromatic carbocycles. The summed E-state index contributed by atoms with van der Waals surface area (Å²) in [5, 5.41) is 16.2. The van der Waals surface area contributed by atoms with E-state index in [1.54, 1.807) is 18.3 Å². The average molecular weight is 529 g/mol. The van der Waals surface area contributed by atoms with Gasteiger partial charge in [-0.25, -0.2) is 4.39 Å². The molecular weight excluding hydrogens is 495 g/mol. The minimum Gasteiger partial charge on any atom is -0.508 e. The summed E-state index contributed by atoms with van der Waals surface area (Å²) in [6.45, 7) is 4.21. The first-order chi connectivity index (χ1) is 19.0. The maximum atomic E-state index is 16.4. The molecular formula is C30H33FN6O2. The van der Waals surface area contributed by atoms with Gasteiger partial charge in [0.2, 0.25) is 0 Å². The summed E-state index contributed by atoms with van der Waals surface area (Å²) in [6.07, 6.45) is 6.08. The second-order valence-corrected chi connectivity index (χ2v) is 11.3. The number of anilines is 1. The molecule has 0 amide bonds. The van der Waals surface area contributed by atoms with Crippen molar-refractivity contribution in [2.75, 3.05) is 44.7 Å². The van der Waals surface area contributed by atoms with Gasteiger partial charge >= 0.3 is 6.01 Å². The highest BCUT2D eigenvalue weighted by molar-refractivity contribution is 5.99. The molecule has 3 aliphatic rings. The van der Waals surface area contributed by atoms with Crippen molar-refractivity contribution < 1.29 is 14.2 Å². The number of ether oxygens (including phenoxy) is 1. The van der Waals surface area contributed by atoms with E-state index in [1.165, 1.54) is 0 Å². The monoisotopic (exact) mass is 528 g/mol. The normalized spacial score (nSPS) is 23.5. The van der Waals surface area contributed by atoms with Gasteiger partial charge in [-0.15, -0.1) is 0 Å². The molecule has 0 aliphatic carbocycles. The van der Waals surface area contributed by atoms with Crippen LogP contribution in [-0.4, -0.2) is 76.9 Å². The van der Waals surface area contributed by atoms with Crippen molar-refractivity contribution in [3.05, 3.63) is 48.4 Å². The molecule has 7 rings (SSSR count). The first-order valence-electron chi connectivity index (χ1n) is 13.9. The maximum Gasteiger partial charge on any atom is 0.319 e. The van der Waals surface area contributed by atoms with Crippen molar-refractivity contribution >= 4 is 27.5 Å². The molecule has 9 heteroatoms. The molecule has 3 saturated heterocycles. The number of rotatable bonds is 5. The summed E-state index contributed by atoms with van der Waals surface area (Å²) in [7, 11) is 2.10. The molecule has 2 bridgehead atoms. The number of hydrogen-bond donors (Lipinski definition) is 2. The van der Waals surface area contributed by atoms with Crippen LogP contribution in [0.25, 0.3) is 32.9 Å². The van der Waals surface area contributed by atoms with Crippen LogP contribution in [0.1, 0.15) is 25.7 Å². The highest BCUT2D eigenvalue weighted by Gasteiger charge is 2.32. The quantitative estimate of drug-likeness (QED) is 0.396. The van der Waals surface area contributed by atoms with E-state index in [2.05, 4.69) is 32.1 Å². The Bertz CT molecular complexity index is 1550. The molecule has 8 nitrogen and oxygen atoms in total. The maximum absolute atomic E-state index is 16.4. The van der Waals surface area contributed by atoms with Crippen molar-refractivity contribution in [2.24, 2.45) is 5.92 Å². The first kappa shape index (κ1) is 24.5. The van der Waals surface area contributed by atoms with Gasteiger partial charge in [0.15, 0.2) is 5.82 Å². The van der Waals surface area contributed by atoms with Gasteiger partial charge in [0.05, 0.1) is 5.39 Å². The van der Waals surface area contributed by atoms with E-state index in [-0.39, 0.29) is 23.0 Å². The molecule has 3 fully saturated rings. The summed E-state index contributed by atoms with van der Waals surface area (Å²) in [4.78, 5) is 18.6. The topological polar surface area (TPSA) is 86.6 Å². The van der Waals surface area contributed by atoms with E-state index < -0.39 is 5.82 Å². The predicted molar refractivity (Wildman–Crippen MR) is 150 cm³/mol.